The lowest BCUT2D eigenvalue weighted by Crippen LogP contribution is -2.10. The van der Waals surface area contributed by atoms with E-state index in [9.17, 15) is 9.59 Å². The first-order valence-corrected chi connectivity index (χ1v) is 6.99. The number of H-pyrrole nitrogens is 2. The molecule has 2 N–H and O–H groups in total. The van der Waals surface area contributed by atoms with Crippen LogP contribution in [0, 0.1) is 0 Å². The highest BCUT2D eigenvalue weighted by Crippen LogP contribution is 2.31. The predicted octanol–water partition coefficient (Wildman–Crippen LogP) is 2.07. The van der Waals surface area contributed by atoms with Crippen LogP contribution in [-0.2, 0) is 16.0 Å². The zero-order valence-corrected chi connectivity index (χ0v) is 12.1. The lowest BCUT2D eigenvalue weighted by atomic mass is 10.0. The van der Waals surface area contributed by atoms with Crippen molar-refractivity contribution < 1.29 is 9.53 Å². The summed E-state index contributed by atoms with van der Waals surface area (Å²) < 4.78 is 4.91. The summed E-state index contributed by atoms with van der Waals surface area (Å²) in [7, 11) is 0. The number of benzene rings is 1. The second-order valence-electron chi connectivity index (χ2n) is 4.83. The average molecular weight is 297 g/mol. The molecule has 0 fully saturated rings. The molecule has 0 radical (unpaired) electrons. The molecule has 1 aliphatic heterocycles. The number of para-hydroxylation sites is 1. The molecule has 112 valence electrons. The topological polar surface area (TPSA) is 87.3 Å². The van der Waals surface area contributed by atoms with Crippen LogP contribution in [-0.4, -0.2) is 29.0 Å². The van der Waals surface area contributed by atoms with E-state index in [-0.39, 0.29) is 17.9 Å². The van der Waals surface area contributed by atoms with E-state index in [2.05, 4.69) is 15.2 Å². The molecule has 2 heterocycles. The summed E-state index contributed by atoms with van der Waals surface area (Å²) in [5.74, 6) is -0.377. The maximum absolute atomic E-state index is 12.0. The molecule has 1 aliphatic rings. The number of nitrogens with zero attached hydrogens (tertiary/aromatic N) is 1. The number of hydrogen-bond donors (Lipinski definition) is 2. The Morgan fingerprint density at radius 3 is 2.95 bits per heavy atom. The molecule has 0 aliphatic carbocycles. The number of hydrogen-bond acceptors (Lipinski definition) is 4. The van der Waals surface area contributed by atoms with Crippen LogP contribution in [0.1, 0.15) is 23.7 Å². The number of carbonyl (C=O) groups is 1. The van der Waals surface area contributed by atoms with Crippen molar-refractivity contribution in [1.29, 1.82) is 0 Å². The molecule has 2 aromatic rings. The molecule has 0 saturated heterocycles. The molecule has 6 heteroatoms. The quantitative estimate of drug-likeness (QED) is 0.847. The first kappa shape index (κ1) is 14.1. The first-order valence-electron chi connectivity index (χ1n) is 6.99. The van der Waals surface area contributed by atoms with Crippen LogP contribution >= 0.6 is 0 Å². The third-order valence-electron chi connectivity index (χ3n) is 3.38. The number of nitrogens with one attached hydrogen (secondary N) is 2. The van der Waals surface area contributed by atoms with Crippen molar-refractivity contribution in [3.63, 3.8) is 0 Å². The predicted molar refractivity (Wildman–Crippen MR) is 84.2 cm³/mol. The van der Waals surface area contributed by atoms with Crippen LogP contribution in [0.2, 0.25) is 0 Å². The van der Waals surface area contributed by atoms with Gasteiger partial charge in [0.2, 0.25) is 0 Å². The van der Waals surface area contributed by atoms with E-state index in [4.69, 9.17) is 4.74 Å². The lowest BCUT2D eigenvalue weighted by molar-refractivity contribution is -0.142. The number of aromatic amines is 2. The summed E-state index contributed by atoms with van der Waals surface area (Å²) in [5, 5.41) is 5.24. The van der Waals surface area contributed by atoms with Crippen molar-refractivity contribution in [2.75, 3.05) is 6.61 Å². The number of allylic oxidation sites excluding steroid dienone is 1. The number of rotatable bonds is 4. The van der Waals surface area contributed by atoms with E-state index >= 15 is 0 Å². The summed E-state index contributed by atoms with van der Waals surface area (Å²) in [5.41, 5.74) is 3.33. The van der Waals surface area contributed by atoms with Crippen molar-refractivity contribution >= 4 is 29.5 Å². The van der Waals surface area contributed by atoms with Crippen molar-refractivity contribution in [3.8, 4) is 0 Å². The van der Waals surface area contributed by atoms with Gasteiger partial charge in [0.1, 0.15) is 0 Å². The van der Waals surface area contributed by atoms with Gasteiger partial charge in [-0.05, 0) is 19.1 Å². The number of fused-ring (bicyclic) bond motifs is 1. The van der Waals surface area contributed by atoms with Gasteiger partial charge < -0.3 is 9.84 Å². The monoisotopic (exact) mass is 297 g/mol. The maximum atomic E-state index is 12.0. The molecule has 3 rings (SSSR count). The Labute approximate surface area is 126 Å². The molecular formula is C16H15N3O3. The molecule has 0 amide bonds. The van der Waals surface area contributed by atoms with Crippen molar-refractivity contribution in [1.82, 2.24) is 10.2 Å². The van der Waals surface area contributed by atoms with Crippen LogP contribution in [0.5, 0.6) is 0 Å². The van der Waals surface area contributed by atoms with Crippen LogP contribution in [0.25, 0.3) is 11.6 Å². The Kier molecular flexibility index (Phi) is 3.74. The zero-order valence-electron chi connectivity index (χ0n) is 12.1. The van der Waals surface area contributed by atoms with Gasteiger partial charge in [-0.15, -0.1) is 0 Å². The molecule has 0 unspecified atom stereocenters. The summed E-state index contributed by atoms with van der Waals surface area (Å²) in [6.07, 6.45) is 3.47. The number of carbonyl (C=O) groups excluding carboxylic acids is 1. The van der Waals surface area contributed by atoms with Crippen molar-refractivity contribution in [2.45, 2.75) is 13.3 Å². The Morgan fingerprint density at radius 2 is 2.14 bits per heavy atom. The summed E-state index contributed by atoms with van der Waals surface area (Å²) in [6.45, 7) is 2.05. The number of aliphatic imine (C=N–C) groups is 1. The van der Waals surface area contributed by atoms with Crippen LogP contribution in [0.3, 0.4) is 0 Å². The van der Waals surface area contributed by atoms with Gasteiger partial charge in [0.15, 0.2) is 0 Å². The minimum Gasteiger partial charge on any atom is -0.466 e. The molecule has 0 saturated carbocycles. The fourth-order valence-electron chi connectivity index (χ4n) is 2.36. The summed E-state index contributed by atoms with van der Waals surface area (Å²) in [6, 6.07) is 7.68. The Bertz CT molecular complexity index is 827. The zero-order chi connectivity index (χ0) is 15.5. The third-order valence-corrected chi connectivity index (χ3v) is 3.38. The fraction of sp³-hybridized carbons (Fsp3) is 0.188. The number of ether oxygens (including phenoxy) is 1. The lowest BCUT2D eigenvalue weighted by Gasteiger charge is -2.01. The first-order chi connectivity index (χ1) is 10.7. The van der Waals surface area contributed by atoms with Gasteiger partial charge in [-0.25, -0.2) is 0 Å². The Balaban J connectivity index is 1.95. The van der Waals surface area contributed by atoms with Gasteiger partial charge in [0, 0.05) is 17.4 Å². The van der Waals surface area contributed by atoms with Gasteiger partial charge >= 0.3 is 5.97 Å². The second-order valence-corrected chi connectivity index (χ2v) is 4.83. The van der Waals surface area contributed by atoms with Crippen molar-refractivity contribution in [2.24, 2.45) is 4.99 Å². The fourth-order valence-corrected chi connectivity index (χ4v) is 2.36. The molecule has 6 nitrogen and oxygen atoms in total. The maximum Gasteiger partial charge on any atom is 0.311 e. The molecule has 1 aromatic heterocycles. The van der Waals surface area contributed by atoms with Gasteiger partial charge in [0.25, 0.3) is 5.56 Å². The minimum atomic E-state index is -0.377. The molecule has 22 heavy (non-hydrogen) atoms. The summed E-state index contributed by atoms with van der Waals surface area (Å²) in [4.78, 5) is 27.9. The molecule has 1 aromatic carbocycles. The standard InChI is InChI=1S/C16H15N3O3/c1-2-22-15(20)8-14-12(16(21)19-18-14)7-10-9-17-13-6-4-3-5-11(10)13/h3-7,9H,2,8H2,1H3,(H2,18,19,21). The minimum absolute atomic E-state index is 0.0183. The SMILES string of the molecule is CCOC(=O)Cc1[nH][nH]c(=O)c1C=C1C=Nc2ccccc21. The highest BCUT2D eigenvalue weighted by Gasteiger charge is 2.16. The van der Waals surface area contributed by atoms with Crippen LogP contribution < -0.4 is 5.56 Å². The molecule has 0 bridgehead atoms. The second kappa shape index (κ2) is 5.85. The molecule has 0 spiro atoms. The van der Waals surface area contributed by atoms with Gasteiger partial charge in [-0.2, -0.15) is 0 Å². The summed E-state index contributed by atoms with van der Waals surface area (Å²) >= 11 is 0. The molecule has 0 atom stereocenters. The van der Waals surface area contributed by atoms with E-state index < -0.39 is 0 Å². The smallest absolute Gasteiger partial charge is 0.311 e. The van der Waals surface area contributed by atoms with Gasteiger partial charge in [0.05, 0.1) is 30.0 Å². The van der Waals surface area contributed by atoms with Crippen LogP contribution in [0.4, 0.5) is 5.69 Å². The van der Waals surface area contributed by atoms with E-state index in [0.29, 0.717) is 17.9 Å². The Morgan fingerprint density at radius 1 is 1.32 bits per heavy atom. The van der Waals surface area contributed by atoms with Crippen molar-refractivity contribution in [3.05, 3.63) is 51.4 Å². The Hall–Kier alpha value is -2.89. The van der Waals surface area contributed by atoms with Gasteiger partial charge in [-0.1, -0.05) is 18.2 Å². The highest BCUT2D eigenvalue weighted by atomic mass is 16.5. The molecular weight excluding hydrogens is 282 g/mol. The normalized spacial score (nSPS) is 14.3. The van der Waals surface area contributed by atoms with E-state index in [0.717, 1.165) is 16.8 Å². The van der Waals surface area contributed by atoms with E-state index in [1.165, 1.54) is 0 Å². The van der Waals surface area contributed by atoms with E-state index in [1.807, 2.05) is 24.3 Å². The average Bonchev–Trinajstić information content (AvgIpc) is 3.06. The largest absolute Gasteiger partial charge is 0.466 e. The number of aromatic nitrogens is 2. The van der Waals surface area contributed by atoms with Crippen LogP contribution in [0.15, 0.2) is 34.1 Å². The van der Waals surface area contributed by atoms with Gasteiger partial charge in [-0.3, -0.25) is 19.7 Å². The number of esters is 1. The van der Waals surface area contributed by atoms with E-state index in [1.54, 1.807) is 19.2 Å². The third kappa shape index (κ3) is 2.63. The highest BCUT2D eigenvalue weighted by molar-refractivity contribution is 6.21.